The SMILES string of the molecule is CCC1CC(=NO)C1. The van der Waals surface area contributed by atoms with Crippen LogP contribution in [-0.2, 0) is 0 Å². The molecule has 0 aliphatic heterocycles. The van der Waals surface area contributed by atoms with Crippen LogP contribution in [0.15, 0.2) is 5.16 Å². The van der Waals surface area contributed by atoms with Crippen LogP contribution in [0.1, 0.15) is 26.2 Å². The zero-order valence-corrected chi connectivity index (χ0v) is 5.09. The van der Waals surface area contributed by atoms with E-state index in [0.29, 0.717) is 0 Å². The molecule has 1 N–H and O–H groups in total. The van der Waals surface area contributed by atoms with Crippen molar-refractivity contribution in [2.24, 2.45) is 11.1 Å². The van der Waals surface area contributed by atoms with Crippen LogP contribution in [0.5, 0.6) is 0 Å². The molecule has 2 nitrogen and oxygen atoms in total. The monoisotopic (exact) mass is 113 g/mol. The predicted octanol–water partition coefficient (Wildman–Crippen LogP) is 1.64. The smallest absolute Gasteiger partial charge is 0.0576 e. The van der Waals surface area contributed by atoms with Gasteiger partial charge in [-0.3, -0.25) is 0 Å². The first kappa shape index (κ1) is 5.60. The molecule has 0 radical (unpaired) electrons. The quantitative estimate of drug-likeness (QED) is 0.407. The Kier molecular flexibility index (Phi) is 1.51. The van der Waals surface area contributed by atoms with E-state index in [1.165, 1.54) is 6.42 Å². The number of hydrogen-bond acceptors (Lipinski definition) is 2. The molecule has 46 valence electrons. The highest BCUT2D eigenvalue weighted by Crippen LogP contribution is 2.26. The summed E-state index contributed by atoms with van der Waals surface area (Å²) >= 11 is 0. The molecule has 0 amide bonds. The maximum atomic E-state index is 8.19. The Morgan fingerprint density at radius 2 is 2.38 bits per heavy atom. The first-order chi connectivity index (χ1) is 3.86. The fourth-order valence-electron chi connectivity index (χ4n) is 0.977. The normalized spacial score (nSPS) is 27.1. The van der Waals surface area contributed by atoms with Crippen molar-refractivity contribution in [3.05, 3.63) is 0 Å². The average molecular weight is 113 g/mol. The van der Waals surface area contributed by atoms with Gasteiger partial charge in [0.2, 0.25) is 0 Å². The van der Waals surface area contributed by atoms with Crippen LogP contribution in [0, 0.1) is 5.92 Å². The van der Waals surface area contributed by atoms with Crippen LogP contribution in [0.4, 0.5) is 0 Å². The van der Waals surface area contributed by atoms with Crippen LogP contribution in [0.2, 0.25) is 0 Å². The molecule has 0 bridgehead atoms. The second-order valence-electron chi connectivity index (χ2n) is 2.35. The molecule has 1 rings (SSSR count). The third-order valence-corrected chi connectivity index (χ3v) is 1.77. The van der Waals surface area contributed by atoms with Crippen molar-refractivity contribution in [3.8, 4) is 0 Å². The lowest BCUT2D eigenvalue weighted by Crippen LogP contribution is -2.22. The van der Waals surface area contributed by atoms with Gasteiger partial charge in [-0.1, -0.05) is 18.5 Å². The molecule has 1 aliphatic rings. The van der Waals surface area contributed by atoms with Crippen molar-refractivity contribution in [1.29, 1.82) is 0 Å². The molecule has 0 spiro atoms. The van der Waals surface area contributed by atoms with Crippen molar-refractivity contribution < 1.29 is 5.21 Å². The van der Waals surface area contributed by atoms with Gasteiger partial charge in [0.1, 0.15) is 0 Å². The average Bonchev–Trinajstić information content (AvgIpc) is 1.65. The van der Waals surface area contributed by atoms with E-state index in [0.717, 1.165) is 24.5 Å². The van der Waals surface area contributed by atoms with Gasteiger partial charge in [0.05, 0.1) is 5.71 Å². The van der Waals surface area contributed by atoms with E-state index in [1.807, 2.05) is 0 Å². The molecule has 0 saturated heterocycles. The van der Waals surface area contributed by atoms with Crippen LogP contribution in [0.25, 0.3) is 0 Å². The second kappa shape index (κ2) is 2.16. The van der Waals surface area contributed by atoms with E-state index in [1.54, 1.807) is 0 Å². The summed E-state index contributed by atoms with van der Waals surface area (Å²) < 4.78 is 0. The van der Waals surface area contributed by atoms with E-state index in [9.17, 15) is 0 Å². The molecular weight excluding hydrogens is 102 g/mol. The van der Waals surface area contributed by atoms with Crippen molar-refractivity contribution in [2.75, 3.05) is 0 Å². The summed E-state index contributed by atoms with van der Waals surface area (Å²) in [5.74, 6) is 0.806. The summed E-state index contributed by atoms with van der Waals surface area (Å²) in [4.78, 5) is 0. The highest BCUT2D eigenvalue weighted by atomic mass is 16.4. The molecule has 2 heteroatoms. The highest BCUT2D eigenvalue weighted by molar-refractivity contribution is 5.89. The maximum Gasteiger partial charge on any atom is 0.0576 e. The molecule has 0 unspecified atom stereocenters. The Bertz CT molecular complexity index is 101. The molecule has 1 saturated carbocycles. The van der Waals surface area contributed by atoms with Crippen LogP contribution >= 0.6 is 0 Å². The number of rotatable bonds is 1. The molecule has 0 atom stereocenters. The third kappa shape index (κ3) is 0.831. The Hall–Kier alpha value is -0.530. The lowest BCUT2D eigenvalue weighted by atomic mass is 9.82. The van der Waals surface area contributed by atoms with Gasteiger partial charge in [0.25, 0.3) is 0 Å². The summed E-state index contributed by atoms with van der Waals surface area (Å²) in [6.07, 6.45) is 3.26. The summed E-state index contributed by atoms with van der Waals surface area (Å²) in [7, 11) is 0. The number of nitrogens with zero attached hydrogens (tertiary/aromatic N) is 1. The molecule has 0 heterocycles. The van der Waals surface area contributed by atoms with Gasteiger partial charge in [0.15, 0.2) is 0 Å². The maximum absolute atomic E-state index is 8.19. The number of hydrogen-bond donors (Lipinski definition) is 1. The van der Waals surface area contributed by atoms with Gasteiger partial charge in [-0.25, -0.2) is 0 Å². The largest absolute Gasteiger partial charge is 0.411 e. The van der Waals surface area contributed by atoms with Crippen LogP contribution < -0.4 is 0 Å². The lowest BCUT2D eigenvalue weighted by molar-refractivity contribution is 0.304. The Balaban J connectivity index is 2.21. The van der Waals surface area contributed by atoms with Gasteiger partial charge >= 0.3 is 0 Å². The predicted molar refractivity (Wildman–Crippen MR) is 32.2 cm³/mol. The number of oxime groups is 1. The second-order valence-corrected chi connectivity index (χ2v) is 2.35. The minimum atomic E-state index is 0.806. The summed E-state index contributed by atoms with van der Waals surface area (Å²) in [5, 5.41) is 11.3. The van der Waals surface area contributed by atoms with E-state index >= 15 is 0 Å². The zero-order chi connectivity index (χ0) is 5.98. The van der Waals surface area contributed by atoms with Gasteiger partial charge in [-0.15, -0.1) is 0 Å². The Morgan fingerprint density at radius 1 is 1.75 bits per heavy atom. The van der Waals surface area contributed by atoms with Crippen molar-refractivity contribution in [1.82, 2.24) is 0 Å². The van der Waals surface area contributed by atoms with Gasteiger partial charge < -0.3 is 5.21 Å². The topological polar surface area (TPSA) is 32.6 Å². The van der Waals surface area contributed by atoms with E-state index in [-0.39, 0.29) is 0 Å². The van der Waals surface area contributed by atoms with Gasteiger partial charge in [-0.2, -0.15) is 0 Å². The Labute approximate surface area is 49.2 Å². The van der Waals surface area contributed by atoms with E-state index < -0.39 is 0 Å². The zero-order valence-electron chi connectivity index (χ0n) is 5.09. The molecule has 0 aromatic rings. The minimum Gasteiger partial charge on any atom is -0.411 e. The first-order valence-corrected chi connectivity index (χ1v) is 3.06. The molecule has 0 aromatic heterocycles. The molecule has 1 aliphatic carbocycles. The van der Waals surface area contributed by atoms with E-state index in [4.69, 9.17) is 5.21 Å². The van der Waals surface area contributed by atoms with Gasteiger partial charge in [0, 0.05) is 0 Å². The molecule has 8 heavy (non-hydrogen) atoms. The summed E-state index contributed by atoms with van der Waals surface area (Å²) in [6, 6.07) is 0. The lowest BCUT2D eigenvalue weighted by Gasteiger charge is -2.24. The van der Waals surface area contributed by atoms with Crippen molar-refractivity contribution >= 4 is 5.71 Å². The van der Waals surface area contributed by atoms with Crippen molar-refractivity contribution in [3.63, 3.8) is 0 Å². The third-order valence-electron chi connectivity index (χ3n) is 1.77. The Morgan fingerprint density at radius 3 is 2.75 bits per heavy atom. The fraction of sp³-hybridized carbons (Fsp3) is 0.833. The standard InChI is InChI=1S/C6H11NO/c1-2-5-3-6(4-5)7-8/h5,8H,2-4H2,1H3. The van der Waals surface area contributed by atoms with Crippen molar-refractivity contribution in [2.45, 2.75) is 26.2 Å². The van der Waals surface area contributed by atoms with Crippen LogP contribution in [-0.4, -0.2) is 10.9 Å². The first-order valence-electron chi connectivity index (χ1n) is 3.06. The van der Waals surface area contributed by atoms with Crippen LogP contribution in [0.3, 0.4) is 0 Å². The summed E-state index contributed by atoms with van der Waals surface area (Å²) in [5.41, 5.74) is 0.969. The molecular formula is C6H11NO. The fourth-order valence-corrected chi connectivity index (χ4v) is 0.977. The summed E-state index contributed by atoms with van der Waals surface area (Å²) in [6.45, 7) is 2.17. The van der Waals surface area contributed by atoms with Gasteiger partial charge in [-0.05, 0) is 18.8 Å². The highest BCUT2D eigenvalue weighted by Gasteiger charge is 2.22. The molecule has 0 aromatic carbocycles. The molecule has 1 fully saturated rings. The minimum absolute atomic E-state index is 0.806. The van der Waals surface area contributed by atoms with E-state index in [2.05, 4.69) is 12.1 Å².